The number of para-hydroxylation sites is 1. The minimum Gasteiger partial charge on any atom is -0.330 e. The number of hydrogen-bond acceptors (Lipinski definition) is 2. The smallest absolute Gasteiger partial charge is 0.151 e. The van der Waals surface area contributed by atoms with E-state index in [0.29, 0.717) is 5.52 Å². The first-order valence-corrected chi connectivity index (χ1v) is 5.49. The molecule has 1 unspecified atom stereocenters. The fourth-order valence-corrected chi connectivity index (χ4v) is 1.98. The van der Waals surface area contributed by atoms with E-state index in [9.17, 15) is 4.39 Å². The first-order chi connectivity index (χ1) is 7.65. The molecular weight excluding hydrogens is 205 g/mol. The van der Waals surface area contributed by atoms with Crippen molar-refractivity contribution < 1.29 is 4.39 Å². The lowest BCUT2D eigenvalue weighted by Gasteiger charge is -2.11. The average molecular weight is 221 g/mol. The molecule has 0 saturated heterocycles. The van der Waals surface area contributed by atoms with Gasteiger partial charge in [-0.05, 0) is 25.6 Å². The van der Waals surface area contributed by atoms with Crippen molar-refractivity contribution in [2.24, 2.45) is 7.05 Å². The van der Waals surface area contributed by atoms with Gasteiger partial charge in [-0.3, -0.25) is 0 Å². The number of imidazole rings is 1. The standard InChI is InChI=1S/C12H16FN3/c1-4-14-8(2)12-15-11-9(13)6-5-7-10(11)16(12)3/h5-8,14H,4H2,1-3H3. The minimum absolute atomic E-state index is 0.127. The van der Waals surface area contributed by atoms with Crippen LogP contribution in [0.15, 0.2) is 18.2 Å². The van der Waals surface area contributed by atoms with Crippen LogP contribution in [0.1, 0.15) is 25.7 Å². The molecule has 0 fully saturated rings. The second-order valence-electron chi connectivity index (χ2n) is 3.92. The zero-order valence-corrected chi connectivity index (χ0v) is 9.79. The molecule has 0 saturated carbocycles. The molecule has 1 heterocycles. The summed E-state index contributed by atoms with van der Waals surface area (Å²) in [6.07, 6.45) is 0. The maximum atomic E-state index is 13.5. The molecule has 0 aliphatic rings. The van der Waals surface area contributed by atoms with E-state index in [2.05, 4.69) is 10.3 Å². The lowest BCUT2D eigenvalue weighted by atomic mass is 10.3. The van der Waals surface area contributed by atoms with E-state index in [1.54, 1.807) is 6.07 Å². The van der Waals surface area contributed by atoms with Gasteiger partial charge in [0.1, 0.15) is 11.3 Å². The molecule has 1 atom stereocenters. The number of nitrogens with zero attached hydrogens (tertiary/aromatic N) is 2. The molecule has 0 radical (unpaired) electrons. The van der Waals surface area contributed by atoms with Crippen molar-refractivity contribution >= 4 is 11.0 Å². The highest BCUT2D eigenvalue weighted by Gasteiger charge is 2.15. The van der Waals surface area contributed by atoms with E-state index in [0.717, 1.165) is 17.9 Å². The molecule has 2 aromatic rings. The van der Waals surface area contributed by atoms with Crippen LogP contribution in [0, 0.1) is 5.82 Å². The molecule has 4 heteroatoms. The zero-order valence-electron chi connectivity index (χ0n) is 9.79. The number of hydrogen-bond donors (Lipinski definition) is 1. The normalized spacial score (nSPS) is 13.2. The van der Waals surface area contributed by atoms with E-state index in [1.165, 1.54) is 6.07 Å². The minimum atomic E-state index is -0.261. The quantitative estimate of drug-likeness (QED) is 0.862. The van der Waals surface area contributed by atoms with Crippen LogP contribution in [0.2, 0.25) is 0 Å². The van der Waals surface area contributed by atoms with Crippen LogP contribution in [-0.2, 0) is 7.05 Å². The molecule has 1 aromatic carbocycles. The van der Waals surface area contributed by atoms with Gasteiger partial charge in [0.2, 0.25) is 0 Å². The first-order valence-electron chi connectivity index (χ1n) is 5.49. The van der Waals surface area contributed by atoms with Crippen molar-refractivity contribution in [3.05, 3.63) is 29.8 Å². The van der Waals surface area contributed by atoms with Gasteiger partial charge in [-0.1, -0.05) is 13.0 Å². The molecule has 1 aromatic heterocycles. The fourth-order valence-electron chi connectivity index (χ4n) is 1.98. The van der Waals surface area contributed by atoms with Crippen LogP contribution in [0.4, 0.5) is 4.39 Å². The predicted molar refractivity (Wildman–Crippen MR) is 62.8 cm³/mol. The molecule has 16 heavy (non-hydrogen) atoms. The lowest BCUT2D eigenvalue weighted by Crippen LogP contribution is -2.20. The summed E-state index contributed by atoms with van der Waals surface area (Å²) in [6, 6.07) is 5.16. The summed E-state index contributed by atoms with van der Waals surface area (Å²) in [4.78, 5) is 4.36. The Morgan fingerprint density at radius 1 is 1.50 bits per heavy atom. The summed E-state index contributed by atoms with van der Waals surface area (Å²) in [5, 5.41) is 3.28. The maximum Gasteiger partial charge on any atom is 0.151 e. The number of rotatable bonds is 3. The second-order valence-corrected chi connectivity index (χ2v) is 3.92. The highest BCUT2D eigenvalue weighted by molar-refractivity contribution is 5.76. The summed E-state index contributed by atoms with van der Waals surface area (Å²) >= 11 is 0. The third kappa shape index (κ3) is 1.69. The third-order valence-electron chi connectivity index (χ3n) is 2.79. The third-order valence-corrected chi connectivity index (χ3v) is 2.79. The first kappa shape index (κ1) is 11.1. The van der Waals surface area contributed by atoms with E-state index >= 15 is 0 Å². The summed E-state index contributed by atoms with van der Waals surface area (Å²) in [5.41, 5.74) is 1.28. The van der Waals surface area contributed by atoms with Gasteiger partial charge in [-0.25, -0.2) is 9.37 Å². The molecule has 0 bridgehead atoms. The maximum absolute atomic E-state index is 13.5. The van der Waals surface area contributed by atoms with E-state index in [-0.39, 0.29) is 11.9 Å². The van der Waals surface area contributed by atoms with Crippen molar-refractivity contribution in [1.82, 2.24) is 14.9 Å². The largest absolute Gasteiger partial charge is 0.330 e. The Balaban J connectivity index is 2.55. The van der Waals surface area contributed by atoms with E-state index in [1.807, 2.05) is 31.5 Å². The Morgan fingerprint density at radius 2 is 2.25 bits per heavy atom. The number of fused-ring (bicyclic) bond motifs is 1. The lowest BCUT2D eigenvalue weighted by molar-refractivity contribution is 0.551. The van der Waals surface area contributed by atoms with Gasteiger partial charge < -0.3 is 9.88 Å². The summed E-state index contributed by atoms with van der Waals surface area (Å²) in [7, 11) is 1.91. The van der Waals surface area contributed by atoms with Crippen molar-refractivity contribution in [3.8, 4) is 0 Å². The molecule has 86 valence electrons. The van der Waals surface area contributed by atoms with Gasteiger partial charge in [0.25, 0.3) is 0 Å². The zero-order chi connectivity index (χ0) is 11.7. The highest BCUT2D eigenvalue weighted by atomic mass is 19.1. The molecule has 2 rings (SSSR count). The fraction of sp³-hybridized carbons (Fsp3) is 0.417. The van der Waals surface area contributed by atoms with Crippen LogP contribution in [-0.4, -0.2) is 16.1 Å². The number of benzene rings is 1. The van der Waals surface area contributed by atoms with Crippen LogP contribution in [0.25, 0.3) is 11.0 Å². The van der Waals surface area contributed by atoms with Gasteiger partial charge >= 0.3 is 0 Å². The highest BCUT2D eigenvalue weighted by Crippen LogP contribution is 2.21. The predicted octanol–water partition coefficient (Wildman–Crippen LogP) is 2.38. The van der Waals surface area contributed by atoms with Crippen molar-refractivity contribution in [1.29, 1.82) is 0 Å². The Hall–Kier alpha value is -1.42. The summed E-state index contributed by atoms with van der Waals surface area (Å²) < 4.78 is 15.5. The summed E-state index contributed by atoms with van der Waals surface area (Å²) in [5.74, 6) is 0.602. The van der Waals surface area contributed by atoms with Gasteiger partial charge in [-0.15, -0.1) is 0 Å². The van der Waals surface area contributed by atoms with Crippen LogP contribution >= 0.6 is 0 Å². The van der Waals surface area contributed by atoms with E-state index < -0.39 is 0 Å². The number of aryl methyl sites for hydroxylation is 1. The molecule has 0 aliphatic heterocycles. The van der Waals surface area contributed by atoms with Crippen LogP contribution < -0.4 is 5.32 Å². The van der Waals surface area contributed by atoms with Gasteiger partial charge in [0, 0.05) is 7.05 Å². The number of aromatic nitrogens is 2. The topological polar surface area (TPSA) is 29.9 Å². The summed E-state index contributed by atoms with van der Waals surface area (Å²) in [6.45, 7) is 4.94. The molecule has 0 spiro atoms. The van der Waals surface area contributed by atoms with Gasteiger partial charge in [0.15, 0.2) is 5.82 Å². The Labute approximate surface area is 94.3 Å². The van der Waals surface area contributed by atoms with Crippen molar-refractivity contribution in [2.75, 3.05) is 6.54 Å². The monoisotopic (exact) mass is 221 g/mol. The molecule has 0 amide bonds. The SMILES string of the molecule is CCNC(C)c1nc2c(F)cccc2n1C. The molecule has 1 N–H and O–H groups in total. The molecule has 3 nitrogen and oxygen atoms in total. The molecule has 0 aliphatic carbocycles. The van der Waals surface area contributed by atoms with E-state index in [4.69, 9.17) is 0 Å². The average Bonchev–Trinajstić information content (AvgIpc) is 2.59. The number of halogens is 1. The van der Waals surface area contributed by atoms with Crippen molar-refractivity contribution in [2.45, 2.75) is 19.9 Å². The Morgan fingerprint density at radius 3 is 2.88 bits per heavy atom. The van der Waals surface area contributed by atoms with Crippen LogP contribution in [0.5, 0.6) is 0 Å². The second kappa shape index (κ2) is 4.22. The van der Waals surface area contributed by atoms with Gasteiger partial charge in [0.05, 0.1) is 11.6 Å². The van der Waals surface area contributed by atoms with Crippen molar-refractivity contribution in [3.63, 3.8) is 0 Å². The Bertz CT molecular complexity index is 504. The molecular formula is C12H16FN3. The van der Waals surface area contributed by atoms with Gasteiger partial charge in [-0.2, -0.15) is 0 Å². The van der Waals surface area contributed by atoms with Crippen LogP contribution in [0.3, 0.4) is 0 Å². The Kier molecular flexibility index (Phi) is 2.92. The number of nitrogens with one attached hydrogen (secondary N) is 1.